The minimum atomic E-state index is -3.60. The molecule has 8 nitrogen and oxygen atoms in total. The van der Waals surface area contributed by atoms with Crippen LogP contribution in [0.2, 0.25) is 0 Å². The summed E-state index contributed by atoms with van der Waals surface area (Å²) >= 11 is 0. The number of amides is 1. The molecule has 0 spiro atoms. The lowest BCUT2D eigenvalue weighted by atomic mass is 10.2. The summed E-state index contributed by atoms with van der Waals surface area (Å²) in [6.45, 7) is 3.00. The largest absolute Gasteiger partial charge is 0.378 e. The van der Waals surface area contributed by atoms with Crippen LogP contribution in [0, 0.1) is 0 Å². The molecule has 1 aromatic carbocycles. The van der Waals surface area contributed by atoms with Crippen LogP contribution in [-0.4, -0.2) is 68.1 Å². The first-order valence-corrected chi connectivity index (χ1v) is 10.8. The van der Waals surface area contributed by atoms with E-state index in [4.69, 9.17) is 9.26 Å². The van der Waals surface area contributed by atoms with Crippen LogP contribution >= 0.6 is 0 Å². The first kappa shape index (κ1) is 18.4. The van der Waals surface area contributed by atoms with Crippen molar-refractivity contribution in [3.8, 4) is 0 Å². The maximum Gasteiger partial charge on any atom is 0.276 e. The number of nitrogens with zero attached hydrogens (tertiary/aromatic N) is 3. The highest BCUT2D eigenvalue weighted by molar-refractivity contribution is 7.89. The van der Waals surface area contributed by atoms with Crippen molar-refractivity contribution in [3.63, 3.8) is 0 Å². The predicted octanol–water partition coefficient (Wildman–Crippen LogP) is 1.86. The molecule has 0 unspecified atom stereocenters. The van der Waals surface area contributed by atoms with E-state index in [0.717, 1.165) is 25.7 Å². The summed E-state index contributed by atoms with van der Waals surface area (Å²) in [7, 11) is -3.60. The second-order valence-corrected chi connectivity index (χ2v) is 8.85. The molecule has 3 heterocycles. The summed E-state index contributed by atoms with van der Waals surface area (Å²) in [5, 5.41) is 4.34. The Morgan fingerprint density at radius 2 is 1.70 bits per heavy atom. The molecule has 0 N–H and O–H groups in total. The third-order valence-corrected chi connectivity index (χ3v) is 7.04. The molecule has 0 atom stereocenters. The molecule has 4 rings (SSSR count). The van der Waals surface area contributed by atoms with Crippen molar-refractivity contribution < 1.29 is 22.5 Å². The van der Waals surface area contributed by atoms with Crippen LogP contribution in [0.25, 0.3) is 11.0 Å². The summed E-state index contributed by atoms with van der Waals surface area (Å²) in [4.78, 5) is 14.6. The molecule has 2 aliphatic rings. The van der Waals surface area contributed by atoms with Gasteiger partial charge in [0.1, 0.15) is 0 Å². The number of fused-ring (bicyclic) bond motifs is 1. The van der Waals surface area contributed by atoms with Crippen LogP contribution in [0.4, 0.5) is 0 Å². The first-order valence-electron chi connectivity index (χ1n) is 9.34. The van der Waals surface area contributed by atoms with E-state index in [1.807, 2.05) is 0 Å². The van der Waals surface area contributed by atoms with Crippen molar-refractivity contribution >= 4 is 26.9 Å². The van der Waals surface area contributed by atoms with Gasteiger partial charge in [-0.3, -0.25) is 4.79 Å². The summed E-state index contributed by atoms with van der Waals surface area (Å²) < 4.78 is 38.2. The Labute approximate surface area is 158 Å². The van der Waals surface area contributed by atoms with Crippen LogP contribution in [-0.2, 0) is 14.8 Å². The van der Waals surface area contributed by atoms with Crippen LogP contribution in [0.1, 0.15) is 36.2 Å². The van der Waals surface area contributed by atoms with E-state index in [1.165, 1.54) is 16.4 Å². The minimum absolute atomic E-state index is 0.153. The topological polar surface area (TPSA) is 93.0 Å². The van der Waals surface area contributed by atoms with Gasteiger partial charge in [0, 0.05) is 26.2 Å². The average Bonchev–Trinajstić information content (AvgIpc) is 2.91. The highest BCUT2D eigenvalue weighted by atomic mass is 32.2. The van der Waals surface area contributed by atoms with Gasteiger partial charge in [0.2, 0.25) is 10.0 Å². The molecule has 2 fully saturated rings. The monoisotopic (exact) mass is 393 g/mol. The van der Waals surface area contributed by atoms with E-state index in [9.17, 15) is 13.2 Å². The molecule has 1 amide bonds. The minimum Gasteiger partial charge on any atom is -0.378 e. The van der Waals surface area contributed by atoms with E-state index in [0.29, 0.717) is 50.4 Å². The molecule has 0 aliphatic carbocycles. The Morgan fingerprint density at radius 1 is 1.00 bits per heavy atom. The van der Waals surface area contributed by atoms with Gasteiger partial charge in [-0.15, -0.1) is 0 Å². The molecule has 2 aliphatic heterocycles. The Bertz CT molecular complexity index is 926. The van der Waals surface area contributed by atoms with Gasteiger partial charge < -0.3 is 14.2 Å². The number of hydrogen-bond acceptors (Lipinski definition) is 6. The van der Waals surface area contributed by atoms with Gasteiger partial charge in [0.15, 0.2) is 11.3 Å². The summed E-state index contributed by atoms with van der Waals surface area (Å²) in [6, 6.07) is 4.61. The number of morpholine rings is 1. The molecule has 0 bridgehead atoms. The maximum absolute atomic E-state index is 13.1. The number of ether oxygens (including phenoxy) is 1. The van der Waals surface area contributed by atoms with Crippen molar-refractivity contribution in [3.05, 3.63) is 23.9 Å². The first-order chi connectivity index (χ1) is 13.1. The van der Waals surface area contributed by atoms with Gasteiger partial charge in [-0.1, -0.05) is 18.0 Å². The third-order valence-electron chi connectivity index (χ3n) is 5.15. The van der Waals surface area contributed by atoms with Crippen LogP contribution in [0.5, 0.6) is 0 Å². The smallest absolute Gasteiger partial charge is 0.276 e. The zero-order valence-corrected chi connectivity index (χ0v) is 15.9. The molecular formula is C18H23N3O5S. The molecule has 27 heavy (non-hydrogen) atoms. The van der Waals surface area contributed by atoms with E-state index >= 15 is 0 Å². The highest BCUT2D eigenvalue weighted by Gasteiger charge is 2.28. The number of sulfonamides is 1. The molecule has 146 valence electrons. The van der Waals surface area contributed by atoms with Crippen molar-refractivity contribution in [2.24, 2.45) is 0 Å². The van der Waals surface area contributed by atoms with Gasteiger partial charge in [-0.05, 0) is 31.0 Å². The molecule has 9 heteroatoms. The lowest BCUT2D eigenvalue weighted by Gasteiger charge is -2.26. The molecule has 1 aromatic heterocycles. The second-order valence-electron chi connectivity index (χ2n) is 6.91. The van der Waals surface area contributed by atoms with Gasteiger partial charge >= 0.3 is 0 Å². The standard InChI is InChI=1S/C18H23N3O5S/c22-18(20-9-11-25-12-10-20)17-15-13-14(5-6-16(15)26-19-17)27(23,24)21-7-3-1-2-4-8-21/h5-6,13H,1-4,7-12H2. The Balaban J connectivity index is 1.68. The third kappa shape index (κ3) is 3.59. The highest BCUT2D eigenvalue weighted by Crippen LogP contribution is 2.27. The second kappa shape index (κ2) is 7.57. The van der Waals surface area contributed by atoms with Gasteiger partial charge in [0.25, 0.3) is 5.91 Å². The maximum atomic E-state index is 13.1. The van der Waals surface area contributed by atoms with Crippen molar-refractivity contribution in [2.45, 2.75) is 30.6 Å². The fourth-order valence-corrected chi connectivity index (χ4v) is 5.12. The van der Waals surface area contributed by atoms with E-state index in [2.05, 4.69) is 5.16 Å². The molecule has 0 saturated carbocycles. The fraction of sp³-hybridized carbons (Fsp3) is 0.556. The summed E-state index contributed by atoms with van der Waals surface area (Å²) in [5.74, 6) is -0.263. The number of aromatic nitrogens is 1. The molecule has 0 radical (unpaired) electrons. The van der Waals surface area contributed by atoms with E-state index in [-0.39, 0.29) is 16.5 Å². The Hall–Kier alpha value is -1.97. The quantitative estimate of drug-likeness (QED) is 0.790. The van der Waals surface area contributed by atoms with Gasteiger partial charge in [0.05, 0.1) is 23.5 Å². The Morgan fingerprint density at radius 3 is 2.41 bits per heavy atom. The fourth-order valence-electron chi connectivity index (χ4n) is 3.58. The zero-order valence-electron chi connectivity index (χ0n) is 15.1. The number of benzene rings is 1. The SMILES string of the molecule is O=C(c1noc2ccc(S(=O)(=O)N3CCCCCC3)cc12)N1CCOCC1. The molecule has 2 aromatic rings. The lowest BCUT2D eigenvalue weighted by Crippen LogP contribution is -2.40. The van der Waals surface area contributed by atoms with Crippen molar-refractivity contribution in [1.82, 2.24) is 14.4 Å². The predicted molar refractivity (Wildman–Crippen MR) is 98.0 cm³/mol. The molecule has 2 saturated heterocycles. The van der Waals surface area contributed by atoms with Crippen LogP contribution < -0.4 is 0 Å². The lowest BCUT2D eigenvalue weighted by molar-refractivity contribution is 0.0297. The van der Waals surface area contributed by atoms with Crippen molar-refractivity contribution in [2.75, 3.05) is 39.4 Å². The average molecular weight is 393 g/mol. The van der Waals surface area contributed by atoms with Crippen LogP contribution in [0.3, 0.4) is 0 Å². The Kier molecular flexibility index (Phi) is 5.16. The van der Waals surface area contributed by atoms with E-state index < -0.39 is 10.0 Å². The molecular weight excluding hydrogens is 370 g/mol. The number of carbonyl (C=O) groups excluding carboxylic acids is 1. The van der Waals surface area contributed by atoms with E-state index in [1.54, 1.807) is 11.0 Å². The van der Waals surface area contributed by atoms with Gasteiger partial charge in [-0.25, -0.2) is 8.42 Å². The van der Waals surface area contributed by atoms with Crippen LogP contribution in [0.15, 0.2) is 27.6 Å². The zero-order chi connectivity index (χ0) is 18.9. The number of rotatable bonds is 3. The normalized spacial score (nSPS) is 19.9. The number of carbonyl (C=O) groups is 1. The number of hydrogen-bond donors (Lipinski definition) is 0. The van der Waals surface area contributed by atoms with Gasteiger partial charge in [-0.2, -0.15) is 4.31 Å². The summed E-state index contributed by atoms with van der Waals surface area (Å²) in [6.07, 6.45) is 3.84. The van der Waals surface area contributed by atoms with Crippen molar-refractivity contribution in [1.29, 1.82) is 0 Å². The summed E-state index contributed by atoms with van der Waals surface area (Å²) in [5.41, 5.74) is 0.557.